The number of carbonyl (C=O) groups is 1. The van der Waals surface area contributed by atoms with Gasteiger partial charge in [-0.25, -0.2) is 13.6 Å². The van der Waals surface area contributed by atoms with Gasteiger partial charge < -0.3 is 5.32 Å². The number of sulfonamides is 1. The molecule has 10 heteroatoms. The van der Waals surface area contributed by atoms with E-state index in [0.717, 1.165) is 5.56 Å². The van der Waals surface area contributed by atoms with Gasteiger partial charge in [0.05, 0.1) is 4.90 Å². The third-order valence-electron chi connectivity index (χ3n) is 4.44. The average molecular weight is 414 g/mol. The molecule has 1 amide bonds. The molecule has 1 heterocycles. The zero-order valence-corrected chi connectivity index (χ0v) is 17.1. The van der Waals surface area contributed by atoms with Gasteiger partial charge in [0.2, 0.25) is 15.8 Å². The number of nitrogens with zero attached hydrogens (tertiary/aromatic N) is 4. The third kappa shape index (κ3) is 4.84. The molecule has 0 radical (unpaired) electrons. The van der Waals surface area contributed by atoms with Crippen LogP contribution in [0.15, 0.2) is 53.4 Å². The minimum Gasteiger partial charge on any atom is -0.324 e. The standard InChI is InChI=1S/C19H22N6O3S/c1-12(2)14-4-6-15(7-5-14)18-22-24-25(23-18)13(3)19(26)21-16-8-10-17(11-9-16)29(20,27)28/h4-13H,1-3H3,(H,21,26)(H2,20,27,28)/t13-/m1/s1. The Morgan fingerprint density at radius 2 is 1.66 bits per heavy atom. The van der Waals surface area contributed by atoms with Gasteiger partial charge in [0.1, 0.15) is 6.04 Å². The smallest absolute Gasteiger partial charge is 0.250 e. The lowest BCUT2D eigenvalue weighted by Gasteiger charge is -2.11. The highest BCUT2D eigenvalue weighted by atomic mass is 32.2. The van der Waals surface area contributed by atoms with Crippen LogP contribution in [-0.4, -0.2) is 34.5 Å². The summed E-state index contributed by atoms with van der Waals surface area (Å²) in [4.78, 5) is 13.7. The quantitative estimate of drug-likeness (QED) is 0.636. The second-order valence-corrected chi connectivity index (χ2v) is 8.51. The molecule has 0 aliphatic carbocycles. The Bertz CT molecular complexity index is 1110. The molecule has 3 N–H and O–H groups in total. The van der Waals surface area contributed by atoms with Crippen LogP contribution in [0.3, 0.4) is 0 Å². The maximum Gasteiger partial charge on any atom is 0.250 e. The summed E-state index contributed by atoms with van der Waals surface area (Å²) in [6, 6.07) is 12.7. The molecule has 0 fully saturated rings. The van der Waals surface area contributed by atoms with Crippen LogP contribution < -0.4 is 10.5 Å². The van der Waals surface area contributed by atoms with Crippen molar-refractivity contribution >= 4 is 21.6 Å². The van der Waals surface area contributed by atoms with Gasteiger partial charge in [0.15, 0.2) is 0 Å². The van der Waals surface area contributed by atoms with Gasteiger partial charge in [-0.05, 0) is 47.9 Å². The highest BCUT2D eigenvalue weighted by Gasteiger charge is 2.19. The van der Waals surface area contributed by atoms with Gasteiger partial charge >= 0.3 is 0 Å². The van der Waals surface area contributed by atoms with Crippen LogP contribution in [0.2, 0.25) is 0 Å². The highest BCUT2D eigenvalue weighted by Crippen LogP contribution is 2.20. The van der Waals surface area contributed by atoms with Gasteiger partial charge in [-0.15, -0.1) is 10.2 Å². The predicted molar refractivity (Wildman–Crippen MR) is 108 cm³/mol. The maximum atomic E-state index is 12.5. The Kier molecular flexibility index (Phi) is 5.76. The molecule has 3 rings (SSSR count). The molecule has 2 aromatic carbocycles. The van der Waals surface area contributed by atoms with Crippen LogP contribution in [0.4, 0.5) is 5.69 Å². The molecule has 152 valence electrons. The molecule has 0 bridgehead atoms. The van der Waals surface area contributed by atoms with E-state index in [1.807, 2.05) is 24.3 Å². The van der Waals surface area contributed by atoms with Crippen LogP contribution in [0.1, 0.15) is 38.3 Å². The minimum atomic E-state index is -3.78. The first-order chi connectivity index (χ1) is 13.6. The number of benzene rings is 2. The van der Waals surface area contributed by atoms with Crippen molar-refractivity contribution in [2.24, 2.45) is 5.14 Å². The SMILES string of the molecule is CC(C)c1ccc(-c2nnn([C@H](C)C(=O)Nc3ccc(S(N)(=O)=O)cc3)n2)cc1. The Hall–Kier alpha value is -3.11. The summed E-state index contributed by atoms with van der Waals surface area (Å²) >= 11 is 0. The van der Waals surface area contributed by atoms with E-state index in [0.29, 0.717) is 17.4 Å². The summed E-state index contributed by atoms with van der Waals surface area (Å²) in [5.41, 5.74) is 2.45. The molecule has 9 nitrogen and oxygen atoms in total. The predicted octanol–water partition coefficient (Wildman–Crippen LogP) is 2.31. The maximum absolute atomic E-state index is 12.5. The van der Waals surface area contributed by atoms with E-state index in [1.165, 1.54) is 34.6 Å². The van der Waals surface area contributed by atoms with Crippen LogP contribution in [-0.2, 0) is 14.8 Å². The number of hydrogen-bond acceptors (Lipinski definition) is 6. The summed E-state index contributed by atoms with van der Waals surface area (Å²) in [6.45, 7) is 5.88. The molecule has 1 atom stereocenters. The van der Waals surface area contributed by atoms with Gasteiger partial charge in [-0.1, -0.05) is 38.1 Å². The van der Waals surface area contributed by atoms with E-state index in [2.05, 4.69) is 34.6 Å². The van der Waals surface area contributed by atoms with Gasteiger partial charge in [-0.2, -0.15) is 4.80 Å². The van der Waals surface area contributed by atoms with E-state index < -0.39 is 16.1 Å². The first kappa shape index (κ1) is 20.6. The van der Waals surface area contributed by atoms with Crippen molar-refractivity contribution in [2.75, 3.05) is 5.32 Å². The zero-order valence-electron chi connectivity index (χ0n) is 16.3. The molecule has 29 heavy (non-hydrogen) atoms. The van der Waals surface area contributed by atoms with Crippen molar-refractivity contribution in [3.05, 3.63) is 54.1 Å². The summed E-state index contributed by atoms with van der Waals surface area (Å²) in [7, 11) is -3.78. The fourth-order valence-corrected chi connectivity index (χ4v) is 3.12. The van der Waals surface area contributed by atoms with Crippen molar-refractivity contribution in [1.82, 2.24) is 20.2 Å². The van der Waals surface area contributed by atoms with Crippen molar-refractivity contribution in [1.29, 1.82) is 0 Å². The van der Waals surface area contributed by atoms with E-state index in [9.17, 15) is 13.2 Å². The Morgan fingerprint density at radius 1 is 1.03 bits per heavy atom. The second-order valence-electron chi connectivity index (χ2n) is 6.94. The number of nitrogens with two attached hydrogens (primary N) is 1. The molecule has 0 aliphatic rings. The number of anilines is 1. The number of primary sulfonamides is 1. The number of amides is 1. The lowest BCUT2D eigenvalue weighted by atomic mass is 10.0. The number of aromatic nitrogens is 4. The van der Waals surface area contributed by atoms with E-state index in [1.54, 1.807) is 6.92 Å². The Morgan fingerprint density at radius 3 is 2.21 bits per heavy atom. The lowest BCUT2D eigenvalue weighted by molar-refractivity contribution is -0.119. The van der Waals surface area contributed by atoms with Crippen molar-refractivity contribution < 1.29 is 13.2 Å². The van der Waals surface area contributed by atoms with Gasteiger partial charge in [0.25, 0.3) is 5.91 Å². The third-order valence-corrected chi connectivity index (χ3v) is 5.37. The number of nitrogens with one attached hydrogen (secondary N) is 1. The Labute approximate surface area is 169 Å². The van der Waals surface area contributed by atoms with Crippen molar-refractivity contribution in [2.45, 2.75) is 37.6 Å². The summed E-state index contributed by atoms with van der Waals surface area (Å²) in [5, 5.41) is 20.1. The van der Waals surface area contributed by atoms with E-state index >= 15 is 0 Å². The molecule has 0 spiro atoms. The summed E-state index contributed by atoms with van der Waals surface area (Å²) in [6.07, 6.45) is 0. The molecular weight excluding hydrogens is 392 g/mol. The monoisotopic (exact) mass is 414 g/mol. The van der Waals surface area contributed by atoms with Crippen LogP contribution in [0.25, 0.3) is 11.4 Å². The molecule has 1 aromatic heterocycles. The molecule has 0 aliphatic heterocycles. The van der Waals surface area contributed by atoms with Crippen molar-refractivity contribution in [3.8, 4) is 11.4 Å². The van der Waals surface area contributed by atoms with Crippen LogP contribution in [0.5, 0.6) is 0 Å². The highest BCUT2D eigenvalue weighted by molar-refractivity contribution is 7.89. The fourth-order valence-electron chi connectivity index (χ4n) is 2.60. The second kappa shape index (κ2) is 8.10. The summed E-state index contributed by atoms with van der Waals surface area (Å²) < 4.78 is 22.6. The number of tetrazole rings is 1. The number of carbonyl (C=O) groups excluding carboxylic acids is 1. The minimum absolute atomic E-state index is 0.0328. The Balaban J connectivity index is 1.70. The van der Waals surface area contributed by atoms with Crippen LogP contribution in [0, 0.1) is 0 Å². The first-order valence-electron chi connectivity index (χ1n) is 8.98. The van der Waals surface area contributed by atoms with Gasteiger partial charge in [0, 0.05) is 11.3 Å². The van der Waals surface area contributed by atoms with E-state index in [-0.39, 0.29) is 10.8 Å². The summed E-state index contributed by atoms with van der Waals surface area (Å²) in [5.74, 6) is 0.486. The molecular formula is C19H22N6O3S. The molecule has 0 saturated carbocycles. The molecule has 0 saturated heterocycles. The molecule has 3 aromatic rings. The zero-order chi connectivity index (χ0) is 21.2. The lowest BCUT2D eigenvalue weighted by Crippen LogP contribution is -2.25. The van der Waals surface area contributed by atoms with E-state index in [4.69, 9.17) is 5.14 Å². The largest absolute Gasteiger partial charge is 0.324 e. The molecule has 0 unspecified atom stereocenters. The number of hydrogen-bond donors (Lipinski definition) is 2. The average Bonchev–Trinajstić information content (AvgIpc) is 3.17. The topological polar surface area (TPSA) is 133 Å². The van der Waals surface area contributed by atoms with Crippen molar-refractivity contribution in [3.63, 3.8) is 0 Å². The first-order valence-corrected chi connectivity index (χ1v) is 10.5. The fraction of sp³-hybridized carbons (Fsp3) is 0.263. The van der Waals surface area contributed by atoms with Gasteiger partial charge in [-0.3, -0.25) is 4.79 Å². The number of rotatable bonds is 6. The normalized spacial score (nSPS) is 12.7. The van der Waals surface area contributed by atoms with Crippen LogP contribution >= 0.6 is 0 Å².